The van der Waals surface area contributed by atoms with E-state index < -0.39 is 0 Å². The SMILES string of the molecule is C#CCC#CCC=C. The predicted molar refractivity (Wildman–Crippen MR) is 36.0 cm³/mol. The van der Waals surface area contributed by atoms with Crippen LogP contribution in [0.4, 0.5) is 0 Å². The minimum Gasteiger partial charge on any atom is -0.119 e. The van der Waals surface area contributed by atoms with Gasteiger partial charge in [0.1, 0.15) is 0 Å². The third-order valence-electron chi connectivity index (χ3n) is 0.562. The van der Waals surface area contributed by atoms with Crippen molar-refractivity contribution < 1.29 is 0 Å². The van der Waals surface area contributed by atoms with Gasteiger partial charge in [-0.05, 0) is 0 Å². The molecule has 0 saturated heterocycles. The summed E-state index contributed by atoms with van der Waals surface area (Å²) >= 11 is 0. The van der Waals surface area contributed by atoms with Gasteiger partial charge in [-0.2, -0.15) is 0 Å². The van der Waals surface area contributed by atoms with Crippen molar-refractivity contribution in [2.75, 3.05) is 0 Å². The minimum atomic E-state index is 0.549. The highest BCUT2D eigenvalue weighted by molar-refractivity contribution is 5.09. The second-order valence-corrected chi connectivity index (χ2v) is 1.23. The van der Waals surface area contributed by atoms with Gasteiger partial charge in [0.25, 0.3) is 0 Å². The molecule has 0 rings (SSSR count). The molecule has 0 saturated carbocycles. The summed E-state index contributed by atoms with van der Waals surface area (Å²) in [6.07, 6.45) is 7.97. The molecule has 0 atom stereocenters. The van der Waals surface area contributed by atoms with Crippen LogP contribution in [0, 0.1) is 24.2 Å². The van der Waals surface area contributed by atoms with Crippen molar-refractivity contribution in [3.05, 3.63) is 12.7 Å². The first-order valence-corrected chi connectivity index (χ1v) is 2.42. The molecule has 0 aromatic carbocycles. The lowest BCUT2D eigenvalue weighted by Gasteiger charge is -1.69. The molecule has 0 aliphatic rings. The van der Waals surface area contributed by atoms with Crippen molar-refractivity contribution in [3.63, 3.8) is 0 Å². The molecule has 8 heavy (non-hydrogen) atoms. The molecule has 0 radical (unpaired) electrons. The fourth-order valence-corrected chi connectivity index (χ4v) is 0.258. The zero-order valence-electron chi connectivity index (χ0n) is 4.78. The van der Waals surface area contributed by atoms with Crippen LogP contribution in [0.5, 0.6) is 0 Å². The van der Waals surface area contributed by atoms with Crippen LogP contribution in [0.1, 0.15) is 12.8 Å². The quantitative estimate of drug-likeness (QED) is 0.350. The number of rotatable bonds is 1. The van der Waals surface area contributed by atoms with E-state index in [1.165, 1.54) is 0 Å². The van der Waals surface area contributed by atoms with Crippen molar-refractivity contribution in [3.8, 4) is 24.2 Å². The molecule has 0 heterocycles. The maximum absolute atomic E-state index is 4.93. The topological polar surface area (TPSA) is 0 Å². The molecule has 0 aliphatic carbocycles. The molecule has 0 aromatic rings. The van der Waals surface area contributed by atoms with Crippen LogP contribution in [0.2, 0.25) is 0 Å². The van der Waals surface area contributed by atoms with E-state index in [9.17, 15) is 0 Å². The molecule has 40 valence electrons. The molecule has 0 aromatic heterocycles. The average molecular weight is 104 g/mol. The molecule has 0 spiro atoms. The van der Waals surface area contributed by atoms with Crippen LogP contribution in [-0.4, -0.2) is 0 Å². The van der Waals surface area contributed by atoms with Crippen LogP contribution < -0.4 is 0 Å². The van der Waals surface area contributed by atoms with Gasteiger partial charge in [0, 0.05) is 6.42 Å². The average Bonchev–Trinajstić information content (AvgIpc) is 1.81. The summed E-state index contributed by atoms with van der Waals surface area (Å²) in [5, 5.41) is 0. The summed E-state index contributed by atoms with van der Waals surface area (Å²) in [5.74, 6) is 8.02. The Morgan fingerprint density at radius 3 is 2.75 bits per heavy atom. The first-order valence-electron chi connectivity index (χ1n) is 2.42. The molecule has 0 heteroatoms. The highest BCUT2D eigenvalue weighted by Crippen LogP contribution is 1.74. The molecule has 0 nitrogen and oxygen atoms in total. The van der Waals surface area contributed by atoms with Crippen molar-refractivity contribution in [2.45, 2.75) is 12.8 Å². The summed E-state index contributed by atoms with van der Waals surface area (Å²) in [7, 11) is 0. The monoisotopic (exact) mass is 104 g/mol. The molecular formula is C8H8. The summed E-state index contributed by atoms with van der Waals surface area (Å²) in [6, 6.07) is 0. The fraction of sp³-hybridized carbons (Fsp3) is 0.250. The van der Waals surface area contributed by atoms with E-state index in [1.54, 1.807) is 6.08 Å². The fourth-order valence-electron chi connectivity index (χ4n) is 0.258. The summed E-state index contributed by atoms with van der Waals surface area (Å²) in [5.41, 5.74) is 0. The van der Waals surface area contributed by atoms with Gasteiger partial charge in [0.05, 0.1) is 6.42 Å². The lowest BCUT2D eigenvalue weighted by molar-refractivity contribution is 1.46. The maximum atomic E-state index is 4.93. The number of hydrogen-bond donors (Lipinski definition) is 0. The second kappa shape index (κ2) is 5.86. The van der Waals surface area contributed by atoms with Gasteiger partial charge < -0.3 is 0 Å². The van der Waals surface area contributed by atoms with Crippen LogP contribution in [-0.2, 0) is 0 Å². The van der Waals surface area contributed by atoms with Crippen molar-refractivity contribution in [1.29, 1.82) is 0 Å². The molecule has 0 amide bonds. The standard InChI is InChI=1S/C8H8/c1-3-5-7-8-6-4-2/h1,4H,2,5-6H2. The summed E-state index contributed by atoms with van der Waals surface area (Å²) in [4.78, 5) is 0. The van der Waals surface area contributed by atoms with Crippen molar-refractivity contribution in [2.24, 2.45) is 0 Å². The summed E-state index contributed by atoms with van der Waals surface area (Å²) < 4.78 is 0. The van der Waals surface area contributed by atoms with Gasteiger partial charge in [-0.3, -0.25) is 0 Å². The number of allylic oxidation sites excluding steroid dienone is 1. The Morgan fingerprint density at radius 1 is 1.50 bits per heavy atom. The molecule has 0 unspecified atom stereocenters. The second-order valence-electron chi connectivity index (χ2n) is 1.23. The summed E-state index contributed by atoms with van der Waals surface area (Å²) in [6.45, 7) is 3.50. The van der Waals surface area contributed by atoms with E-state index in [4.69, 9.17) is 6.42 Å². The van der Waals surface area contributed by atoms with Gasteiger partial charge >= 0.3 is 0 Å². The van der Waals surface area contributed by atoms with Crippen molar-refractivity contribution in [1.82, 2.24) is 0 Å². The van der Waals surface area contributed by atoms with Crippen LogP contribution in [0.15, 0.2) is 12.7 Å². The normalized spacial score (nSPS) is 5.88. The first-order chi connectivity index (χ1) is 3.91. The van der Waals surface area contributed by atoms with Crippen LogP contribution in [0.3, 0.4) is 0 Å². The van der Waals surface area contributed by atoms with Gasteiger partial charge in [-0.1, -0.05) is 23.8 Å². The van der Waals surface area contributed by atoms with Crippen LogP contribution in [0.25, 0.3) is 0 Å². The molecule has 0 fully saturated rings. The number of terminal acetylenes is 1. The highest BCUT2D eigenvalue weighted by atomic mass is 13.7. The van der Waals surface area contributed by atoms with E-state index in [0.717, 1.165) is 6.42 Å². The van der Waals surface area contributed by atoms with Gasteiger partial charge in [0.15, 0.2) is 0 Å². The van der Waals surface area contributed by atoms with E-state index in [0.29, 0.717) is 6.42 Å². The maximum Gasteiger partial charge on any atom is 0.0700 e. The highest BCUT2D eigenvalue weighted by Gasteiger charge is 1.62. The predicted octanol–water partition coefficient (Wildman–Crippen LogP) is 1.59. The van der Waals surface area contributed by atoms with Gasteiger partial charge in [-0.15, -0.1) is 13.0 Å². The third-order valence-corrected chi connectivity index (χ3v) is 0.562. The third kappa shape index (κ3) is 4.86. The number of hydrogen-bond acceptors (Lipinski definition) is 0. The lowest BCUT2D eigenvalue weighted by Crippen LogP contribution is -1.57. The molecule has 0 N–H and O–H groups in total. The van der Waals surface area contributed by atoms with E-state index in [2.05, 4.69) is 24.3 Å². The van der Waals surface area contributed by atoms with E-state index in [-0.39, 0.29) is 0 Å². The Bertz CT molecular complexity index is 147. The molecule has 0 bridgehead atoms. The van der Waals surface area contributed by atoms with Crippen LogP contribution >= 0.6 is 0 Å². The Morgan fingerprint density at radius 2 is 2.25 bits per heavy atom. The van der Waals surface area contributed by atoms with E-state index in [1.807, 2.05) is 0 Å². The molecule has 0 aliphatic heterocycles. The Kier molecular flexibility index (Phi) is 5.02. The smallest absolute Gasteiger partial charge is 0.0700 e. The Labute approximate surface area is 50.6 Å². The van der Waals surface area contributed by atoms with Gasteiger partial charge in [-0.25, -0.2) is 0 Å². The zero-order chi connectivity index (χ0) is 6.24. The largest absolute Gasteiger partial charge is 0.119 e. The van der Waals surface area contributed by atoms with Crippen molar-refractivity contribution >= 4 is 0 Å². The first kappa shape index (κ1) is 6.86. The molecular weight excluding hydrogens is 96.1 g/mol. The van der Waals surface area contributed by atoms with Gasteiger partial charge in [0.2, 0.25) is 0 Å². The Balaban J connectivity index is 3.24. The van der Waals surface area contributed by atoms with E-state index >= 15 is 0 Å². The lowest BCUT2D eigenvalue weighted by atomic mass is 10.4. The Hall–Kier alpha value is -1.14. The minimum absolute atomic E-state index is 0.549. The zero-order valence-corrected chi connectivity index (χ0v) is 4.78.